The van der Waals surface area contributed by atoms with Gasteiger partial charge in [-0.2, -0.15) is 4.98 Å². The zero-order valence-corrected chi connectivity index (χ0v) is 13.4. The molecule has 3 aromatic heterocycles. The SMILES string of the molecule is CN(CCc1ccccn1)C(=O)CCc1nc(-c2ccco2)no1. The molecule has 0 saturated carbocycles. The Bertz CT molecular complexity index is 768. The normalized spacial score (nSPS) is 10.7. The highest BCUT2D eigenvalue weighted by atomic mass is 16.5. The van der Waals surface area contributed by atoms with Gasteiger partial charge < -0.3 is 13.8 Å². The maximum atomic E-state index is 12.2. The summed E-state index contributed by atoms with van der Waals surface area (Å²) >= 11 is 0. The van der Waals surface area contributed by atoms with Crippen LogP contribution in [0.1, 0.15) is 18.0 Å². The van der Waals surface area contributed by atoms with E-state index in [1.165, 1.54) is 0 Å². The average molecular weight is 326 g/mol. The molecular formula is C17H18N4O3. The maximum Gasteiger partial charge on any atom is 0.238 e. The van der Waals surface area contributed by atoms with Gasteiger partial charge in [-0.05, 0) is 24.3 Å². The number of furan rings is 1. The van der Waals surface area contributed by atoms with E-state index in [4.69, 9.17) is 8.94 Å². The van der Waals surface area contributed by atoms with Gasteiger partial charge in [0.1, 0.15) is 0 Å². The molecule has 0 fully saturated rings. The lowest BCUT2D eigenvalue weighted by atomic mass is 10.2. The standard InChI is InChI=1S/C17H18N4O3/c1-21(11-9-13-5-2-3-10-18-13)16(22)8-7-15-19-17(20-24-15)14-6-4-12-23-14/h2-6,10,12H,7-9,11H2,1H3. The first kappa shape index (κ1) is 15.9. The van der Waals surface area contributed by atoms with Gasteiger partial charge in [-0.15, -0.1) is 0 Å². The molecule has 3 aromatic rings. The van der Waals surface area contributed by atoms with Gasteiger partial charge in [0.15, 0.2) is 5.76 Å². The molecule has 24 heavy (non-hydrogen) atoms. The predicted molar refractivity (Wildman–Crippen MR) is 85.9 cm³/mol. The van der Waals surface area contributed by atoms with Crippen molar-refractivity contribution >= 4 is 5.91 Å². The van der Waals surface area contributed by atoms with Crippen LogP contribution in [0.25, 0.3) is 11.6 Å². The summed E-state index contributed by atoms with van der Waals surface area (Å²) in [5.41, 5.74) is 0.970. The van der Waals surface area contributed by atoms with Crippen LogP contribution in [0.3, 0.4) is 0 Å². The smallest absolute Gasteiger partial charge is 0.238 e. The molecule has 7 heteroatoms. The molecule has 0 spiro atoms. The minimum atomic E-state index is 0.0312. The third-order valence-electron chi connectivity index (χ3n) is 3.62. The molecule has 0 bridgehead atoms. The van der Waals surface area contributed by atoms with Gasteiger partial charge in [-0.1, -0.05) is 11.2 Å². The van der Waals surface area contributed by atoms with Crippen molar-refractivity contribution in [1.82, 2.24) is 20.0 Å². The molecular weight excluding hydrogens is 308 g/mol. The van der Waals surface area contributed by atoms with Gasteiger partial charge in [0.25, 0.3) is 0 Å². The summed E-state index contributed by atoms with van der Waals surface area (Å²) in [7, 11) is 1.79. The Balaban J connectivity index is 1.46. The number of hydrogen-bond acceptors (Lipinski definition) is 6. The molecule has 0 aromatic carbocycles. The topological polar surface area (TPSA) is 85.3 Å². The van der Waals surface area contributed by atoms with E-state index in [-0.39, 0.29) is 5.91 Å². The summed E-state index contributed by atoms with van der Waals surface area (Å²) in [6, 6.07) is 9.28. The van der Waals surface area contributed by atoms with E-state index in [9.17, 15) is 4.79 Å². The molecule has 0 N–H and O–H groups in total. The first-order valence-corrected chi connectivity index (χ1v) is 7.73. The van der Waals surface area contributed by atoms with Crippen molar-refractivity contribution < 1.29 is 13.7 Å². The van der Waals surface area contributed by atoms with E-state index in [2.05, 4.69) is 15.1 Å². The Hall–Kier alpha value is -2.96. The molecule has 0 atom stereocenters. The second-order valence-corrected chi connectivity index (χ2v) is 5.38. The van der Waals surface area contributed by atoms with Crippen molar-refractivity contribution in [2.24, 2.45) is 0 Å². The van der Waals surface area contributed by atoms with E-state index in [0.29, 0.717) is 36.9 Å². The number of hydrogen-bond donors (Lipinski definition) is 0. The van der Waals surface area contributed by atoms with Gasteiger partial charge in [-0.25, -0.2) is 0 Å². The monoisotopic (exact) mass is 326 g/mol. The van der Waals surface area contributed by atoms with Crippen molar-refractivity contribution in [3.63, 3.8) is 0 Å². The zero-order chi connectivity index (χ0) is 16.8. The number of likely N-dealkylation sites (N-methyl/N-ethyl adjacent to an activating group) is 1. The van der Waals surface area contributed by atoms with Gasteiger partial charge in [0, 0.05) is 44.7 Å². The van der Waals surface area contributed by atoms with E-state index in [1.54, 1.807) is 36.5 Å². The Kier molecular flexibility index (Phi) is 5.00. The number of aryl methyl sites for hydroxylation is 1. The van der Waals surface area contributed by atoms with Crippen molar-refractivity contribution in [1.29, 1.82) is 0 Å². The molecule has 0 saturated heterocycles. The largest absolute Gasteiger partial charge is 0.461 e. The van der Waals surface area contributed by atoms with Crippen molar-refractivity contribution in [2.75, 3.05) is 13.6 Å². The van der Waals surface area contributed by atoms with E-state index < -0.39 is 0 Å². The van der Waals surface area contributed by atoms with Crippen LogP contribution in [-0.4, -0.2) is 39.5 Å². The van der Waals surface area contributed by atoms with Crippen LogP contribution in [0.4, 0.5) is 0 Å². The summed E-state index contributed by atoms with van der Waals surface area (Å²) < 4.78 is 10.4. The minimum absolute atomic E-state index is 0.0312. The molecule has 0 aliphatic carbocycles. The zero-order valence-electron chi connectivity index (χ0n) is 13.4. The Morgan fingerprint density at radius 3 is 2.88 bits per heavy atom. The van der Waals surface area contributed by atoms with Crippen LogP contribution >= 0.6 is 0 Å². The van der Waals surface area contributed by atoms with Crippen LogP contribution < -0.4 is 0 Å². The highest BCUT2D eigenvalue weighted by molar-refractivity contribution is 5.76. The Labute approximate surface area is 139 Å². The lowest BCUT2D eigenvalue weighted by Crippen LogP contribution is -2.29. The fraction of sp³-hybridized carbons (Fsp3) is 0.294. The molecule has 7 nitrogen and oxygen atoms in total. The molecule has 124 valence electrons. The van der Waals surface area contributed by atoms with E-state index in [0.717, 1.165) is 12.1 Å². The van der Waals surface area contributed by atoms with E-state index in [1.807, 2.05) is 18.2 Å². The van der Waals surface area contributed by atoms with Crippen LogP contribution in [-0.2, 0) is 17.6 Å². The van der Waals surface area contributed by atoms with Gasteiger partial charge in [-0.3, -0.25) is 9.78 Å². The summed E-state index contributed by atoms with van der Waals surface area (Å²) in [5.74, 6) is 1.39. The number of carbonyl (C=O) groups is 1. The van der Waals surface area contributed by atoms with Crippen molar-refractivity contribution in [3.8, 4) is 11.6 Å². The number of carbonyl (C=O) groups excluding carboxylic acids is 1. The third kappa shape index (κ3) is 4.07. The molecule has 0 radical (unpaired) electrons. The number of nitrogens with zero attached hydrogens (tertiary/aromatic N) is 4. The maximum absolute atomic E-state index is 12.2. The number of amides is 1. The number of rotatable bonds is 7. The highest BCUT2D eigenvalue weighted by Gasteiger charge is 2.14. The first-order chi connectivity index (χ1) is 11.7. The second-order valence-electron chi connectivity index (χ2n) is 5.38. The highest BCUT2D eigenvalue weighted by Crippen LogP contribution is 2.16. The Morgan fingerprint density at radius 2 is 2.12 bits per heavy atom. The van der Waals surface area contributed by atoms with Crippen LogP contribution in [0.5, 0.6) is 0 Å². The summed E-state index contributed by atoms with van der Waals surface area (Å²) in [6.45, 7) is 0.622. The van der Waals surface area contributed by atoms with Gasteiger partial charge in [0.2, 0.25) is 17.6 Å². The molecule has 3 heterocycles. The van der Waals surface area contributed by atoms with Crippen molar-refractivity contribution in [2.45, 2.75) is 19.3 Å². The van der Waals surface area contributed by atoms with Crippen molar-refractivity contribution in [3.05, 3.63) is 54.4 Å². The molecule has 3 rings (SSSR count). The van der Waals surface area contributed by atoms with Crippen LogP contribution in [0.15, 0.2) is 51.7 Å². The summed E-state index contributed by atoms with van der Waals surface area (Å²) in [5, 5.41) is 3.84. The minimum Gasteiger partial charge on any atom is -0.461 e. The quantitative estimate of drug-likeness (QED) is 0.662. The molecule has 0 unspecified atom stereocenters. The predicted octanol–water partition coefficient (Wildman–Crippen LogP) is 2.36. The molecule has 0 aliphatic rings. The number of pyridine rings is 1. The number of aromatic nitrogens is 3. The lowest BCUT2D eigenvalue weighted by molar-refractivity contribution is -0.129. The van der Waals surface area contributed by atoms with Crippen LogP contribution in [0.2, 0.25) is 0 Å². The summed E-state index contributed by atoms with van der Waals surface area (Å²) in [4.78, 5) is 22.3. The first-order valence-electron chi connectivity index (χ1n) is 7.73. The van der Waals surface area contributed by atoms with Gasteiger partial charge >= 0.3 is 0 Å². The van der Waals surface area contributed by atoms with Crippen LogP contribution in [0, 0.1) is 0 Å². The van der Waals surface area contributed by atoms with E-state index >= 15 is 0 Å². The summed E-state index contributed by atoms with van der Waals surface area (Å²) in [6.07, 6.45) is 4.75. The van der Waals surface area contributed by atoms with Gasteiger partial charge in [0.05, 0.1) is 6.26 Å². The third-order valence-corrected chi connectivity index (χ3v) is 3.62. The lowest BCUT2D eigenvalue weighted by Gasteiger charge is -2.16. The molecule has 1 amide bonds. The fourth-order valence-electron chi connectivity index (χ4n) is 2.22. The second kappa shape index (κ2) is 7.54. The molecule has 0 aliphatic heterocycles. The fourth-order valence-corrected chi connectivity index (χ4v) is 2.22. The average Bonchev–Trinajstić information content (AvgIpc) is 3.29. The Morgan fingerprint density at radius 1 is 1.21 bits per heavy atom.